The molecule has 0 aromatic heterocycles. The first-order valence-corrected chi connectivity index (χ1v) is 8.47. The molecule has 1 unspecified atom stereocenters. The molecule has 0 bridgehead atoms. The summed E-state index contributed by atoms with van der Waals surface area (Å²) in [5, 5.41) is 11.6. The molecule has 124 valence electrons. The maximum atomic E-state index is 12.8. The molecule has 0 N–H and O–H groups in total. The molecule has 1 aromatic carbocycles. The van der Waals surface area contributed by atoms with Gasteiger partial charge in [-0.25, -0.2) is 8.42 Å². The van der Waals surface area contributed by atoms with Gasteiger partial charge in [0.2, 0.25) is 9.84 Å². The van der Waals surface area contributed by atoms with Gasteiger partial charge in [0.15, 0.2) is 0 Å². The van der Waals surface area contributed by atoms with Gasteiger partial charge in [-0.2, -0.15) is 0 Å². The highest BCUT2D eigenvalue weighted by Gasteiger charge is 2.58. The molecule has 0 radical (unpaired) electrons. The second-order valence-electron chi connectivity index (χ2n) is 5.50. The number of ether oxygens (including phenoxy) is 1. The van der Waals surface area contributed by atoms with E-state index in [0.29, 0.717) is 0 Å². The Morgan fingerprint density at radius 3 is 2.43 bits per heavy atom. The van der Waals surface area contributed by atoms with Gasteiger partial charge in [0.05, 0.1) is 10.8 Å². The van der Waals surface area contributed by atoms with Gasteiger partial charge in [0.1, 0.15) is 6.10 Å². The van der Waals surface area contributed by atoms with E-state index in [-0.39, 0.29) is 11.3 Å². The summed E-state index contributed by atoms with van der Waals surface area (Å²) in [5.41, 5.74) is 0. The largest absolute Gasteiger partial charge is 0.458 e. The molecule has 1 aliphatic rings. The van der Waals surface area contributed by atoms with Gasteiger partial charge < -0.3 is 4.74 Å². The quantitative estimate of drug-likeness (QED) is 0.351. The lowest BCUT2D eigenvalue weighted by atomic mass is 10.00. The Kier molecular flexibility index (Phi) is 4.56. The Bertz CT molecular complexity index is 742. The van der Waals surface area contributed by atoms with Gasteiger partial charge in [-0.05, 0) is 18.2 Å². The molecule has 7 nitrogen and oxygen atoms in total. The number of hydrogen-bond acceptors (Lipinski definition) is 6. The fourth-order valence-electron chi connectivity index (χ4n) is 2.63. The van der Waals surface area contributed by atoms with E-state index in [4.69, 9.17) is 4.74 Å². The molecule has 0 spiro atoms. The van der Waals surface area contributed by atoms with Crippen molar-refractivity contribution in [3.8, 4) is 0 Å². The summed E-state index contributed by atoms with van der Waals surface area (Å²) in [4.78, 5) is 19.5. The third kappa shape index (κ3) is 2.98. The lowest BCUT2D eigenvalue weighted by Crippen LogP contribution is -2.49. The second kappa shape index (κ2) is 6.11. The summed E-state index contributed by atoms with van der Waals surface area (Å²) in [5.74, 6) is -1.42. The van der Waals surface area contributed by atoms with Crippen molar-refractivity contribution in [1.29, 1.82) is 0 Å². The van der Waals surface area contributed by atoms with E-state index in [1.54, 1.807) is 6.07 Å². The minimum atomic E-state index is -4.23. The first-order chi connectivity index (χ1) is 10.7. The fraction of sp³-hybridized carbons (Fsp3) is 0.400. The van der Waals surface area contributed by atoms with Gasteiger partial charge in [-0.1, -0.05) is 24.3 Å². The highest BCUT2D eigenvalue weighted by Crippen LogP contribution is 2.39. The molecule has 0 amide bonds. The Hall–Kier alpha value is -2.22. The summed E-state index contributed by atoms with van der Waals surface area (Å²) in [7, 11) is -4.23. The van der Waals surface area contributed by atoms with Crippen LogP contribution in [0.2, 0.25) is 0 Å². The molecule has 0 saturated heterocycles. The van der Waals surface area contributed by atoms with E-state index >= 15 is 0 Å². The fourth-order valence-corrected chi connectivity index (χ4v) is 4.40. The average molecular weight is 339 g/mol. The predicted octanol–water partition coefficient (Wildman–Crippen LogP) is 1.96. The van der Waals surface area contributed by atoms with Crippen LogP contribution in [-0.4, -0.2) is 30.3 Å². The third-order valence-corrected chi connectivity index (χ3v) is 6.44. The summed E-state index contributed by atoms with van der Waals surface area (Å²) in [6, 6.07) is 7.33. The Labute approximate surface area is 134 Å². The van der Waals surface area contributed by atoms with Crippen molar-refractivity contribution in [3.63, 3.8) is 0 Å². The molecule has 0 aliphatic heterocycles. The third-order valence-electron chi connectivity index (χ3n) is 4.01. The van der Waals surface area contributed by atoms with Gasteiger partial charge in [-0.3, -0.25) is 14.9 Å². The monoisotopic (exact) mass is 339 g/mol. The SMILES string of the molecule is CC(=O)O[C@H]1C=C[C@@H](C(C)([N+](=O)[O-])S(=O)(=O)c2ccccc2)C1. The number of nitro groups is 1. The number of sulfone groups is 1. The van der Waals surface area contributed by atoms with E-state index < -0.39 is 37.6 Å². The van der Waals surface area contributed by atoms with Crippen LogP contribution < -0.4 is 0 Å². The molecule has 1 aliphatic carbocycles. The standard InChI is InChI=1S/C15H17NO6S/c1-11(17)22-13-9-8-12(10-13)15(2,16(18)19)23(20,21)14-6-4-3-5-7-14/h3-9,12-13H,10H2,1-2H3/t12-,13+,15?/m1/s1. The van der Waals surface area contributed by atoms with E-state index in [0.717, 1.165) is 6.92 Å². The highest BCUT2D eigenvalue weighted by molar-refractivity contribution is 7.92. The summed E-state index contributed by atoms with van der Waals surface area (Å²) in [6.07, 6.45) is 2.34. The molecule has 1 aromatic rings. The lowest BCUT2D eigenvalue weighted by Gasteiger charge is -2.26. The molecule has 0 fully saturated rings. The number of nitrogens with zero attached hydrogens (tertiary/aromatic N) is 1. The predicted molar refractivity (Wildman–Crippen MR) is 81.8 cm³/mol. The van der Waals surface area contributed by atoms with Crippen LogP contribution >= 0.6 is 0 Å². The smallest absolute Gasteiger partial charge is 0.326 e. The number of carbonyl (C=O) groups is 1. The van der Waals surface area contributed by atoms with Gasteiger partial charge >= 0.3 is 10.8 Å². The second-order valence-corrected chi connectivity index (χ2v) is 7.81. The average Bonchev–Trinajstić information content (AvgIpc) is 2.94. The van der Waals surface area contributed by atoms with Crippen molar-refractivity contribution in [1.82, 2.24) is 0 Å². The maximum absolute atomic E-state index is 12.8. The topological polar surface area (TPSA) is 104 Å². The molecule has 0 heterocycles. The van der Waals surface area contributed by atoms with Crippen molar-refractivity contribution in [2.45, 2.75) is 36.1 Å². The van der Waals surface area contributed by atoms with Gasteiger partial charge in [0, 0.05) is 25.2 Å². The molecule has 3 atom stereocenters. The number of rotatable bonds is 5. The Morgan fingerprint density at radius 1 is 1.30 bits per heavy atom. The molecular weight excluding hydrogens is 322 g/mol. The molecule has 23 heavy (non-hydrogen) atoms. The lowest BCUT2D eigenvalue weighted by molar-refractivity contribution is -0.544. The number of benzene rings is 1. The van der Waals surface area contributed by atoms with E-state index in [2.05, 4.69) is 0 Å². The Balaban J connectivity index is 2.40. The molecule has 8 heteroatoms. The van der Waals surface area contributed by atoms with Crippen LogP contribution in [0.1, 0.15) is 20.3 Å². The van der Waals surface area contributed by atoms with Gasteiger partial charge in [-0.15, -0.1) is 0 Å². The zero-order valence-corrected chi connectivity index (χ0v) is 13.5. The van der Waals surface area contributed by atoms with Crippen LogP contribution in [0, 0.1) is 16.0 Å². The Morgan fingerprint density at radius 2 is 1.91 bits per heavy atom. The van der Waals surface area contributed by atoms with E-state index in [1.807, 2.05) is 0 Å². The summed E-state index contributed by atoms with van der Waals surface area (Å²) in [6.45, 7) is 2.33. The van der Waals surface area contributed by atoms with E-state index in [9.17, 15) is 23.3 Å². The zero-order chi connectivity index (χ0) is 17.3. The van der Waals surface area contributed by atoms with E-state index in [1.165, 1.54) is 43.3 Å². The van der Waals surface area contributed by atoms with Crippen LogP contribution in [0.5, 0.6) is 0 Å². The van der Waals surface area contributed by atoms with Crippen LogP contribution in [0.15, 0.2) is 47.4 Å². The number of hydrogen-bond donors (Lipinski definition) is 0. The summed E-state index contributed by atoms with van der Waals surface area (Å²) >= 11 is 0. The normalized spacial score (nSPS) is 23.2. The minimum absolute atomic E-state index is 0.0587. The molecule has 2 rings (SSSR count). The summed E-state index contributed by atoms with van der Waals surface area (Å²) < 4.78 is 30.6. The van der Waals surface area contributed by atoms with Gasteiger partial charge in [0.25, 0.3) is 0 Å². The van der Waals surface area contributed by atoms with Crippen molar-refractivity contribution >= 4 is 15.8 Å². The first-order valence-electron chi connectivity index (χ1n) is 6.99. The van der Waals surface area contributed by atoms with Crippen LogP contribution in [-0.2, 0) is 19.4 Å². The molecular formula is C15H17NO6S. The highest BCUT2D eigenvalue weighted by atomic mass is 32.2. The van der Waals surface area contributed by atoms with Crippen LogP contribution in [0.4, 0.5) is 0 Å². The van der Waals surface area contributed by atoms with Crippen molar-refractivity contribution in [2.24, 2.45) is 5.92 Å². The maximum Gasteiger partial charge on any atom is 0.326 e. The van der Waals surface area contributed by atoms with Crippen LogP contribution in [0.3, 0.4) is 0 Å². The number of esters is 1. The van der Waals surface area contributed by atoms with Crippen LogP contribution in [0.25, 0.3) is 0 Å². The molecule has 0 saturated carbocycles. The first kappa shape index (κ1) is 17.1. The van der Waals surface area contributed by atoms with Crippen molar-refractivity contribution < 1.29 is 22.9 Å². The zero-order valence-electron chi connectivity index (χ0n) is 12.7. The minimum Gasteiger partial charge on any atom is -0.458 e. The number of carbonyl (C=O) groups excluding carboxylic acids is 1. The van der Waals surface area contributed by atoms with Crippen molar-refractivity contribution in [3.05, 3.63) is 52.6 Å². The van der Waals surface area contributed by atoms with Crippen molar-refractivity contribution in [2.75, 3.05) is 0 Å².